The second-order valence-corrected chi connectivity index (χ2v) is 8.69. The Kier molecular flexibility index (Phi) is 5.67. The quantitative estimate of drug-likeness (QED) is 0.668. The molecule has 0 fully saturated rings. The summed E-state index contributed by atoms with van der Waals surface area (Å²) in [7, 11) is 0. The number of benzene rings is 1. The van der Waals surface area contributed by atoms with Crippen LogP contribution in [0.2, 0.25) is 0 Å². The molecule has 0 saturated carbocycles. The van der Waals surface area contributed by atoms with E-state index in [1.807, 2.05) is 11.4 Å². The second kappa shape index (κ2) is 7.98. The molecule has 140 valence electrons. The Morgan fingerprint density at radius 1 is 0.963 bits per heavy atom. The molecule has 0 aliphatic rings. The van der Waals surface area contributed by atoms with Gasteiger partial charge in [0.05, 0.1) is 17.8 Å². The first-order valence-corrected chi connectivity index (χ1v) is 10.1. The molecule has 0 unspecified atom stereocenters. The molecule has 2 aromatic heterocycles. The van der Waals surface area contributed by atoms with Gasteiger partial charge in [-0.05, 0) is 12.1 Å². The van der Waals surface area contributed by atoms with Crippen LogP contribution >= 0.6 is 22.7 Å². The fourth-order valence-corrected chi connectivity index (χ4v) is 3.87. The van der Waals surface area contributed by atoms with Gasteiger partial charge in [-0.3, -0.25) is 14.9 Å². The number of hydrogen-bond acceptors (Lipinski definition) is 6. The van der Waals surface area contributed by atoms with Gasteiger partial charge in [-0.1, -0.05) is 39.0 Å². The van der Waals surface area contributed by atoms with E-state index >= 15 is 0 Å². The minimum absolute atomic E-state index is 0.0553. The Labute approximate surface area is 165 Å². The molecule has 0 aliphatic heterocycles. The molecule has 2 heterocycles. The van der Waals surface area contributed by atoms with Crippen molar-refractivity contribution in [2.45, 2.75) is 32.6 Å². The minimum Gasteiger partial charge on any atom is -0.302 e. The molecule has 3 aromatic rings. The van der Waals surface area contributed by atoms with Gasteiger partial charge in [0.1, 0.15) is 0 Å². The number of thiazole rings is 2. The van der Waals surface area contributed by atoms with Crippen molar-refractivity contribution in [2.75, 3.05) is 10.6 Å². The van der Waals surface area contributed by atoms with E-state index in [1.54, 1.807) is 29.6 Å². The molecule has 0 radical (unpaired) electrons. The summed E-state index contributed by atoms with van der Waals surface area (Å²) in [5, 5.41) is 10.3. The van der Waals surface area contributed by atoms with Crippen LogP contribution in [0.5, 0.6) is 0 Å². The van der Waals surface area contributed by atoms with Crippen molar-refractivity contribution < 1.29 is 9.59 Å². The topological polar surface area (TPSA) is 84.0 Å². The largest absolute Gasteiger partial charge is 0.302 e. The normalized spacial score (nSPS) is 11.2. The van der Waals surface area contributed by atoms with E-state index in [2.05, 4.69) is 41.4 Å². The molecule has 0 saturated heterocycles. The molecule has 0 bridgehead atoms. The number of rotatable bonds is 5. The van der Waals surface area contributed by atoms with Gasteiger partial charge in [0.25, 0.3) is 5.91 Å². The van der Waals surface area contributed by atoms with Gasteiger partial charge in [0.15, 0.2) is 10.3 Å². The number of aromatic nitrogens is 2. The van der Waals surface area contributed by atoms with Crippen molar-refractivity contribution in [3.05, 3.63) is 58.0 Å². The lowest BCUT2D eigenvalue weighted by Crippen LogP contribution is -2.16. The summed E-state index contributed by atoms with van der Waals surface area (Å²) in [4.78, 5) is 33.1. The highest BCUT2D eigenvalue weighted by Gasteiger charge is 2.18. The highest BCUT2D eigenvalue weighted by atomic mass is 32.1. The smallest absolute Gasteiger partial charge is 0.257 e. The average molecular weight is 401 g/mol. The van der Waals surface area contributed by atoms with Crippen LogP contribution in [0.4, 0.5) is 10.3 Å². The molecule has 0 atom stereocenters. The van der Waals surface area contributed by atoms with Crippen LogP contribution in [-0.2, 0) is 16.6 Å². The Morgan fingerprint density at radius 3 is 2.30 bits per heavy atom. The van der Waals surface area contributed by atoms with Gasteiger partial charge in [-0.15, -0.1) is 22.7 Å². The number of hydrogen-bond donors (Lipinski definition) is 2. The molecule has 0 aliphatic carbocycles. The summed E-state index contributed by atoms with van der Waals surface area (Å²) in [6, 6.07) is 8.92. The number of nitrogens with zero attached hydrogens (tertiary/aromatic N) is 2. The van der Waals surface area contributed by atoms with Crippen molar-refractivity contribution >= 4 is 44.8 Å². The standard InChI is InChI=1S/C19H20N4O2S2/c1-19(2,3)14-11-27-18(21-14)22-15(24)9-13-10-26-17(20-13)23-16(25)12-7-5-4-6-8-12/h4-8,10-11H,9H2,1-3H3,(H,20,23,25)(H,21,22,24). The monoisotopic (exact) mass is 400 g/mol. The van der Waals surface area contributed by atoms with Gasteiger partial charge in [-0.25, -0.2) is 9.97 Å². The Balaban J connectivity index is 1.56. The maximum absolute atomic E-state index is 12.2. The number of anilines is 2. The Bertz CT molecular complexity index is 942. The summed E-state index contributed by atoms with van der Waals surface area (Å²) in [5.41, 5.74) is 2.06. The number of amides is 2. The molecule has 6 nitrogen and oxygen atoms in total. The van der Waals surface area contributed by atoms with Crippen molar-refractivity contribution in [3.63, 3.8) is 0 Å². The second-order valence-electron chi connectivity index (χ2n) is 6.98. The zero-order chi connectivity index (χ0) is 19.4. The predicted octanol–water partition coefficient (Wildman–Crippen LogP) is 4.33. The molecule has 8 heteroatoms. The van der Waals surface area contributed by atoms with Gasteiger partial charge < -0.3 is 5.32 Å². The summed E-state index contributed by atoms with van der Waals surface area (Å²) in [6.07, 6.45) is 0.127. The maximum Gasteiger partial charge on any atom is 0.257 e. The molecule has 27 heavy (non-hydrogen) atoms. The van der Waals surface area contributed by atoms with E-state index in [-0.39, 0.29) is 23.7 Å². The molecular weight excluding hydrogens is 380 g/mol. The lowest BCUT2D eigenvalue weighted by atomic mass is 9.93. The van der Waals surface area contributed by atoms with Crippen molar-refractivity contribution in [2.24, 2.45) is 0 Å². The van der Waals surface area contributed by atoms with Crippen LogP contribution in [0, 0.1) is 0 Å². The van der Waals surface area contributed by atoms with Crippen molar-refractivity contribution in [1.82, 2.24) is 9.97 Å². The van der Waals surface area contributed by atoms with Crippen LogP contribution in [0.1, 0.15) is 42.5 Å². The maximum atomic E-state index is 12.2. The van der Waals surface area contributed by atoms with Crippen LogP contribution < -0.4 is 10.6 Å². The third-order valence-corrected chi connectivity index (χ3v) is 5.23. The first-order chi connectivity index (χ1) is 12.8. The van der Waals surface area contributed by atoms with Crippen molar-refractivity contribution in [1.29, 1.82) is 0 Å². The van der Waals surface area contributed by atoms with Crippen LogP contribution in [-0.4, -0.2) is 21.8 Å². The number of nitrogens with one attached hydrogen (secondary N) is 2. The molecule has 2 N–H and O–H groups in total. The summed E-state index contributed by atoms with van der Waals surface area (Å²) >= 11 is 2.70. The third-order valence-electron chi connectivity index (χ3n) is 3.67. The first kappa shape index (κ1) is 19.2. The van der Waals surface area contributed by atoms with E-state index in [9.17, 15) is 9.59 Å². The van der Waals surface area contributed by atoms with Gasteiger partial charge in [0, 0.05) is 21.7 Å². The lowest BCUT2D eigenvalue weighted by Gasteiger charge is -2.14. The molecule has 3 rings (SSSR count). The van der Waals surface area contributed by atoms with Crippen LogP contribution in [0.25, 0.3) is 0 Å². The number of carbonyl (C=O) groups excluding carboxylic acids is 2. The highest BCUT2D eigenvalue weighted by molar-refractivity contribution is 7.14. The minimum atomic E-state index is -0.224. The van der Waals surface area contributed by atoms with E-state index < -0.39 is 0 Å². The Hall–Kier alpha value is -2.58. The fraction of sp³-hybridized carbons (Fsp3) is 0.263. The average Bonchev–Trinajstić information content (AvgIpc) is 3.25. The van der Waals surface area contributed by atoms with Gasteiger partial charge in [0.2, 0.25) is 5.91 Å². The fourth-order valence-electron chi connectivity index (χ4n) is 2.21. The molecule has 1 aromatic carbocycles. The van der Waals surface area contributed by atoms with Crippen LogP contribution in [0.15, 0.2) is 41.1 Å². The summed E-state index contributed by atoms with van der Waals surface area (Å²) in [6.45, 7) is 6.23. The van der Waals surface area contributed by atoms with E-state index in [0.717, 1.165) is 5.69 Å². The third kappa shape index (κ3) is 5.21. The van der Waals surface area contributed by atoms with Gasteiger partial charge >= 0.3 is 0 Å². The zero-order valence-electron chi connectivity index (χ0n) is 15.3. The lowest BCUT2D eigenvalue weighted by molar-refractivity contribution is -0.115. The predicted molar refractivity (Wildman–Crippen MR) is 110 cm³/mol. The highest BCUT2D eigenvalue weighted by Crippen LogP contribution is 2.26. The first-order valence-electron chi connectivity index (χ1n) is 8.38. The molecular formula is C19H20N4O2S2. The van der Waals surface area contributed by atoms with E-state index in [0.29, 0.717) is 21.5 Å². The zero-order valence-corrected chi connectivity index (χ0v) is 16.9. The Morgan fingerprint density at radius 2 is 1.63 bits per heavy atom. The summed E-state index contributed by atoms with van der Waals surface area (Å²) < 4.78 is 0. The SMILES string of the molecule is CC(C)(C)c1csc(NC(=O)Cc2csc(NC(=O)c3ccccc3)n2)n1. The summed E-state index contributed by atoms with van der Waals surface area (Å²) in [5.74, 6) is -0.408. The van der Waals surface area contributed by atoms with Crippen LogP contribution in [0.3, 0.4) is 0 Å². The molecule has 2 amide bonds. The van der Waals surface area contributed by atoms with Gasteiger partial charge in [-0.2, -0.15) is 0 Å². The van der Waals surface area contributed by atoms with E-state index in [4.69, 9.17) is 0 Å². The molecule has 0 spiro atoms. The van der Waals surface area contributed by atoms with Crippen molar-refractivity contribution in [3.8, 4) is 0 Å². The van der Waals surface area contributed by atoms with E-state index in [1.165, 1.54) is 22.7 Å². The number of carbonyl (C=O) groups is 2.